The summed E-state index contributed by atoms with van der Waals surface area (Å²) in [4.78, 5) is 0. The molecular weight excluding hydrogens is 238 g/mol. The molecule has 0 aromatic heterocycles. The number of rotatable bonds is 6. The number of hydrogen-bond acceptors (Lipinski definition) is 3. The molecular formula is C16H25NO2. The van der Waals surface area contributed by atoms with Crippen LogP contribution in [0, 0.1) is 0 Å². The highest BCUT2D eigenvalue weighted by Crippen LogP contribution is 2.38. The van der Waals surface area contributed by atoms with Crippen LogP contribution in [0.3, 0.4) is 0 Å². The molecule has 106 valence electrons. The van der Waals surface area contributed by atoms with Crippen molar-refractivity contribution in [3.05, 3.63) is 35.9 Å². The molecule has 0 saturated carbocycles. The maximum absolute atomic E-state index is 5.68. The fourth-order valence-electron chi connectivity index (χ4n) is 3.10. The maximum atomic E-state index is 5.68. The zero-order valence-corrected chi connectivity index (χ0v) is 12.0. The van der Waals surface area contributed by atoms with Gasteiger partial charge in [0.25, 0.3) is 0 Å². The number of ether oxygens (including phenoxy) is 2. The molecule has 1 aliphatic heterocycles. The van der Waals surface area contributed by atoms with E-state index in [0.717, 1.165) is 39.3 Å². The second-order valence-corrected chi connectivity index (χ2v) is 5.14. The minimum atomic E-state index is 0.128. The van der Waals surface area contributed by atoms with Crippen molar-refractivity contribution in [2.75, 3.05) is 33.5 Å². The molecule has 0 aliphatic carbocycles. The Bertz CT molecular complexity index is 360. The molecule has 1 unspecified atom stereocenters. The first-order valence-corrected chi connectivity index (χ1v) is 7.22. The normalized spacial score (nSPS) is 20.1. The first-order chi connectivity index (χ1) is 9.33. The molecule has 1 saturated heterocycles. The first-order valence-electron chi connectivity index (χ1n) is 7.22. The second kappa shape index (κ2) is 7.04. The summed E-state index contributed by atoms with van der Waals surface area (Å²) in [5, 5.41) is 3.47. The van der Waals surface area contributed by atoms with Gasteiger partial charge in [0, 0.05) is 31.3 Å². The highest BCUT2D eigenvalue weighted by atomic mass is 16.5. The van der Waals surface area contributed by atoms with Gasteiger partial charge in [-0.15, -0.1) is 0 Å². The fourth-order valence-corrected chi connectivity index (χ4v) is 3.10. The number of hydrogen-bond donors (Lipinski definition) is 1. The molecule has 0 spiro atoms. The Morgan fingerprint density at radius 2 is 1.95 bits per heavy atom. The summed E-state index contributed by atoms with van der Waals surface area (Å²) in [6.45, 7) is 5.23. The lowest BCUT2D eigenvalue weighted by molar-refractivity contribution is 0.0134. The molecule has 1 aliphatic rings. The van der Waals surface area contributed by atoms with Crippen LogP contribution in [0.5, 0.6) is 0 Å². The Hall–Kier alpha value is -0.900. The Balaban J connectivity index is 2.27. The van der Waals surface area contributed by atoms with Crippen molar-refractivity contribution < 1.29 is 9.47 Å². The zero-order valence-electron chi connectivity index (χ0n) is 12.0. The van der Waals surface area contributed by atoms with Crippen LogP contribution >= 0.6 is 0 Å². The Kier molecular flexibility index (Phi) is 5.37. The van der Waals surface area contributed by atoms with Crippen LogP contribution < -0.4 is 5.32 Å². The van der Waals surface area contributed by atoms with Crippen molar-refractivity contribution in [1.29, 1.82) is 0 Å². The van der Waals surface area contributed by atoms with Gasteiger partial charge in [-0.25, -0.2) is 0 Å². The quantitative estimate of drug-likeness (QED) is 0.854. The Labute approximate surface area is 116 Å². The molecule has 3 nitrogen and oxygen atoms in total. The van der Waals surface area contributed by atoms with Crippen molar-refractivity contribution in [2.24, 2.45) is 0 Å². The van der Waals surface area contributed by atoms with E-state index in [-0.39, 0.29) is 5.41 Å². The van der Waals surface area contributed by atoms with E-state index in [2.05, 4.69) is 35.6 Å². The summed E-state index contributed by atoms with van der Waals surface area (Å²) in [6.07, 6.45) is 2.10. The SMILES string of the molecule is CCOCC(NC)C1(c2ccccc2)CCOCC1. The van der Waals surface area contributed by atoms with Gasteiger partial charge < -0.3 is 14.8 Å². The van der Waals surface area contributed by atoms with E-state index in [9.17, 15) is 0 Å². The zero-order chi connectivity index (χ0) is 13.6. The predicted octanol–water partition coefficient (Wildman–Crippen LogP) is 2.36. The standard InChI is InChI=1S/C16H25NO2/c1-3-18-13-15(17-2)16(9-11-19-12-10-16)14-7-5-4-6-8-14/h4-8,15,17H,3,9-13H2,1-2H3. The van der Waals surface area contributed by atoms with Gasteiger partial charge in [-0.1, -0.05) is 30.3 Å². The van der Waals surface area contributed by atoms with Gasteiger partial charge in [-0.3, -0.25) is 0 Å². The molecule has 1 N–H and O–H groups in total. The van der Waals surface area contributed by atoms with Crippen LogP contribution in [0.2, 0.25) is 0 Å². The number of likely N-dealkylation sites (N-methyl/N-ethyl adjacent to an activating group) is 1. The van der Waals surface area contributed by atoms with E-state index in [1.54, 1.807) is 0 Å². The Morgan fingerprint density at radius 1 is 1.26 bits per heavy atom. The molecule has 0 amide bonds. The van der Waals surface area contributed by atoms with Crippen LogP contribution in [-0.4, -0.2) is 39.5 Å². The third kappa shape index (κ3) is 3.16. The monoisotopic (exact) mass is 263 g/mol. The van der Waals surface area contributed by atoms with Crippen LogP contribution in [0.25, 0.3) is 0 Å². The van der Waals surface area contributed by atoms with Gasteiger partial charge >= 0.3 is 0 Å². The van der Waals surface area contributed by atoms with Crippen LogP contribution in [0.15, 0.2) is 30.3 Å². The van der Waals surface area contributed by atoms with E-state index in [1.165, 1.54) is 5.56 Å². The number of nitrogens with one attached hydrogen (secondary N) is 1. The summed E-state index contributed by atoms with van der Waals surface area (Å²) >= 11 is 0. The van der Waals surface area contributed by atoms with Crippen molar-refractivity contribution in [1.82, 2.24) is 5.32 Å². The van der Waals surface area contributed by atoms with Gasteiger partial charge in [0.1, 0.15) is 0 Å². The lowest BCUT2D eigenvalue weighted by Gasteiger charge is -2.44. The molecule has 0 bridgehead atoms. The van der Waals surface area contributed by atoms with E-state index in [0.29, 0.717) is 6.04 Å². The molecule has 1 heterocycles. The minimum absolute atomic E-state index is 0.128. The minimum Gasteiger partial charge on any atom is -0.381 e. The molecule has 3 heteroatoms. The molecule has 1 atom stereocenters. The number of benzene rings is 1. The van der Waals surface area contributed by atoms with Gasteiger partial charge in [-0.05, 0) is 32.4 Å². The van der Waals surface area contributed by atoms with Crippen molar-refractivity contribution >= 4 is 0 Å². The summed E-state index contributed by atoms with van der Waals surface area (Å²) in [7, 11) is 2.03. The van der Waals surface area contributed by atoms with E-state index in [1.807, 2.05) is 14.0 Å². The van der Waals surface area contributed by atoms with E-state index < -0.39 is 0 Å². The summed E-state index contributed by atoms with van der Waals surface area (Å²) < 4.78 is 11.3. The highest BCUT2D eigenvalue weighted by molar-refractivity contribution is 5.28. The van der Waals surface area contributed by atoms with Crippen LogP contribution in [0.4, 0.5) is 0 Å². The first kappa shape index (κ1) is 14.5. The lowest BCUT2D eigenvalue weighted by atomic mass is 9.69. The summed E-state index contributed by atoms with van der Waals surface area (Å²) in [5.41, 5.74) is 1.53. The average Bonchev–Trinajstić information content (AvgIpc) is 2.50. The predicted molar refractivity (Wildman–Crippen MR) is 77.5 cm³/mol. The average molecular weight is 263 g/mol. The Morgan fingerprint density at radius 3 is 2.53 bits per heavy atom. The molecule has 1 aromatic rings. The van der Waals surface area contributed by atoms with E-state index >= 15 is 0 Å². The van der Waals surface area contributed by atoms with Crippen LogP contribution in [-0.2, 0) is 14.9 Å². The van der Waals surface area contributed by atoms with Gasteiger partial charge in [0.2, 0.25) is 0 Å². The third-order valence-corrected chi connectivity index (χ3v) is 4.24. The van der Waals surface area contributed by atoms with Crippen LogP contribution in [0.1, 0.15) is 25.3 Å². The molecule has 1 aromatic carbocycles. The van der Waals surface area contributed by atoms with Crippen molar-refractivity contribution in [2.45, 2.75) is 31.2 Å². The van der Waals surface area contributed by atoms with Gasteiger partial charge in [0.05, 0.1) is 6.61 Å². The van der Waals surface area contributed by atoms with Gasteiger partial charge in [0.15, 0.2) is 0 Å². The van der Waals surface area contributed by atoms with Crippen molar-refractivity contribution in [3.63, 3.8) is 0 Å². The van der Waals surface area contributed by atoms with Gasteiger partial charge in [-0.2, -0.15) is 0 Å². The molecule has 19 heavy (non-hydrogen) atoms. The largest absolute Gasteiger partial charge is 0.381 e. The topological polar surface area (TPSA) is 30.5 Å². The highest BCUT2D eigenvalue weighted by Gasteiger charge is 2.41. The smallest absolute Gasteiger partial charge is 0.0628 e. The maximum Gasteiger partial charge on any atom is 0.0628 e. The molecule has 0 radical (unpaired) electrons. The van der Waals surface area contributed by atoms with E-state index in [4.69, 9.17) is 9.47 Å². The lowest BCUT2D eigenvalue weighted by Crippen LogP contribution is -2.52. The van der Waals surface area contributed by atoms with Crippen molar-refractivity contribution in [3.8, 4) is 0 Å². The molecule has 2 rings (SSSR count). The second-order valence-electron chi connectivity index (χ2n) is 5.14. The third-order valence-electron chi connectivity index (χ3n) is 4.24. The molecule has 1 fully saturated rings. The fraction of sp³-hybridized carbons (Fsp3) is 0.625. The summed E-state index contributed by atoms with van der Waals surface area (Å²) in [5.74, 6) is 0. The summed E-state index contributed by atoms with van der Waals surface area (Å²) in [6, 6.07) is 11.1.